The summed E-state index contributed by atoms with van der Waals surface area (Å²) in [6.45, 7) is 1.90. The molecular formula is C16H13ClN2O. The smallest absolute Gasteiger partial charge is 0.224 e. The van der Waals surface area contributed by atoms with Crippen LogP contribution in [0.2, 0.25) is 0 Å². The molecule has 0 saturated carbocycles. The second-order valence-electron chi connectivity index (χ2n) is 4.47. The van der Waals surface area contributed by atoms with E-state index in [1.807, 2.05) is 49.4 Å². The Morgan fingerprint density at radius 2 is 2.00 bits per heavy atom. The van der Waals surface area contributed by atoms with Crippen molar-refractivity contribution in [3.8, 4) is 11.6 Å². The third-order valence-electron chi connectivity index (χ3n) is 3.07. The summed E-state index contributed by atoms with van der Waals surface area (Å²) in [5.74, 6) is 1.59. The van der Waals surface area contributed by atoms with Crippen molar-refractivity contribution in [1.29, 1.82) is 0 Å². The van der Waals surface area contributed by atoms with Crippen LogP contribution in [0.1, 0.15) is 11.3 Å². The lowest BCUT2D eigenvalue weighted by molar-refractivity contribution is 0.454. The Kier molecular flexibility index (Phi) is 3.52. The number of aromatic nitrogens is 2. The van der Waals surface area contributed by atoms with E-state index in [1.54, 1.807) is 6.20 Å². The summed E-state index contributed by atoms with van der Waals surface area (Å²) in [5.41, 5.74) is 2.58. The van der Waals surface area contributed by atoms with Crippen LogP contribution in [-0.2, 0) is 5.88 Å². The van der Waals surface area contributed by atoms with Gasteiger partial charge < -0.3 is 4.74 Å². The van der Waals surface area contributed by atoms with Gasteiger partial charge in [0.05, 0.1) is 17.1 Å². The number of hydrogen-bond acceptors (Lipinski definition) is 3. The summed E-state index contributed by atoms with van der Waals surface area (Å²) in [6, 6.07) is 13.6. The molecule has 0 aliphatic heterocycles. The monoisotopic (exact) mass is 284 g/mol. The highest BCUT2D eigenvalue weighted by Gasteiger charge is 2.10. The van der Waals surface area contributed by atoms with Crippen LogP contribution in [0, 0.1) is 6.92 Å². The van der Waals surface area contributed by atoms with Gasteiger partial charge in [0, 0.05) is 17.1 Å². The Morgan fingerprint density at radius 1 is 1.15 bits per heavy atom. The molecule has 0 amide bonds. The van der Waals surface area contributed by atoms with Gasteiger partial charge >= 0.3 is 0 Å². The Bertz CT molecular complexity index is 758. The molecule has 4 heteroatoms. The topological polar surface area (TPSA) is 35.0 Å². The molecule has 0 bridgehead atoms. The molecule has 0 unspecified atom stereocenters. The molecule has 3 aromatic rings. The summed E-state index contributed by atoms with van der Waals surface area (Å²) < 4.78 is 5.88. The zero-order valence-electron chi connectivity index (χ0n) is 11.0. The number of nitrogens with zero attached hydrogens (tertiary/aromatic N) is 2. The average molecular weight is 285 g/mol. The highest BCUT2D eigenvalue weighted by atomic mass is 35.5. The molecule has 3 rings (SSSR count). The number of hydrogen-bond donors (Lipinski definition) is 0. The maximum Gasteiger partial charge on any atom is 0.224 e. The first-order chi connectivity index (χ1) is 9.78. The lowest BCUT2D eigenvalue weighted by atomic mass is 10.1. The second kappa shape index (κ2) is 5.47. The van der Waals surface area contributed by atoms with E-state index in [9.17, 15) is 0 Å². The van der Waals surface area contributed by atoms with Crippen molar-refractivity contribution >= 4 is 22.5 Å². The Labute approximate surface area is 122 Å². The number of aryl methyl sites for hydroxylation is 1. The Balaban J connectivity index is 2.08. The van der Waals surface area contributed by atoms with Crippen LogP contribution in [0.15, 0.2) is 48.7 Å². The molecule has 0 atom stereocenters. The minimum absolute atomic E-state index is 0.354. The zero-order valence-corrected chi connectivity index (χ0v) is 11.8. The van der Waals surface area contributed by atoms with Crippen molar-refractivity contribution < 1.29 is 4.74 Å². The molecule has 0 aliphatic rings. The van der Waals surface area contributed by atoms with Gasteiger partial charge in [-0.15, -0.1) is 11.6 Å². The standard InChI is InChI=1S/C16H13ClN2O/c1-11-15(7-4-8-18-11)20-16-13(10-17)9-12-5-2-3-6-14(12)19-16/h2-9H,10H2,1H3. The first-order valence-electron chi connectivity index (χ1n) is 6.32. The van der Waals surface area contributed by atoms with Crippen molar-refractivity contribution in [2.24, 2.45) is 0 Å². The minimum atomic E-state index is 0.354. The van der Waals surface area contributed by atoms with Gasteiger partial charge in [-0.25, -0.2) is 4.98 Å². The maximum atomic E-state index is 6.00. The highest BCUT2D eigenvalue weighted by Crippen LogP contribution is 2.29. The van der Waals surface area contributed by atoms with Crippen LogP contribution in [0.5, 0.6) is 11.6 Å². The van der Waals surface area contributed by atoms with Crippen molar-refractivity contribution in [3.05, 3.63) is 59.9 Å². The Morgan fingerprint density at radius 3 is 2.80 bits per heavy atom. The fourth-order valence-electron chi connectivity index (χ4n) is 2.01. The number of alkyl halides is 1. The minimum Gasteiger partial charge on any atom is -0.437 e. The fourth-order valence-corrected chi connectivity index (χ4v) is 2.20. The second-order valence-corrected chi connectivity index (χ2v) is 4.74. The molecule has 100 valence electrons. The van der Waals surface area contributed by atoms with E-state index >= 15 is 0 Å². The van der Waals surface area contributed by atoms with Crippen LogP contribution in [0.25, 0.3) is 10.9 Å². The van der Waals surface area contributed by atoms with Gasteiger partial charge in [0.1, 0.15) is 0 Å². The van der Waals surface area contributed by atoms with Gasteiger partial charge in [-0.3, -0.25) is 4.98 Å². The molecule has 0 N–H and O–H groups in total. The van der Waals surface area contributed by atoms with Gasteiger partial charge in [0.25, 0.3) is 0 Å². The number of rotatable bonds is 3. The number of benzene rings is 1. The molecule has 0 aliphatic carbocycles. The van der Waals surface area contributed by atoms with Crippen molar-refractivity contribution in [1.82, 2.24) is 9.97 Å². The largest absolute Gasteiger partial charge is 0.437 e. The first-order valence-corrected chi connectivity index (χ1v) is 6.85. The van der Waals surface area contributed by atoms with E-state index < -0.39 is 0 Å². The lowest BCUT2D eigenvalue weighted by Crippen LogP contribution is -1.96. The summed E-state index contributed by atoms with van der Waals surface area (Å²) in [4.78, 5) is 8.76. The van der Waals surface area contributed by atoms with E-state index in [1.165, 1.54) is 0 Å². The molecule has 0 radical (unpaired) electrons. The molecule has 0 spiro atoms. The van der Waals surface area contributed by atoms with E-state index in [2.05, 4.69) is 9.97 Å². The first kappa shape index (κ1) is 12.9. The molecular weight excluding hydrogens is 272 g/mol. The number of ether oxygens (including phenoxy) is 1. The molecule has 0 saturated heterocycles. The molecule has 1 aromatic carbocycles. The van der Waals surface area contributed by atoms with Gasteiger partial charge in [-0.2, -0.15) is 0 Å². The molecule has 0 fully saturated rings. The predicted molar refractivity (Wildman–Crippen MR) is 80.3 cm³/mol. The number of fused-ring (bicyclic) bond motifs is 1. The van der Waals surface area contributed by atoms with Gasteiger partial charge in [0.15, 0.2) is 5.75 Å². The number of pyridine rings is 2. The summed E-state index contributed by atoms with van der Waals surface area (Å²) in [7, 11) is 0. The summed E-state index contributed by atoms with van der Waals surface area (Å²) in [6.07, 6.45) is 1.73. The molecule has 20 heavy (non-hydrogen) atoms. The third kappa shape index (κ3) is 2.45. The van der Waals surface area contributed by atoms with Crippen molar-refractivity contribution in [2.45, 2.75) is 12.8 Å². The van der Waals surface area contributed by atoms with E-state index in [0.29, 0.717) is 17.5 Å². The van der Waals surface area contributed by atoms with E-state index in [-0.39, 0.29) is 0 Å². The van der Waals surface area contributed by atoms with Crippen molar-refractivity contribution in [3.63, 3.8) is 0 Å². The zero-order chi connectivity index (χ0) is 13.9. The van der Waals surface area contributed by atoms with Crippen LogP contribution in [0.3, 0.4) is 0 Å². The summed E-state index contributed by atoms with van der Waals surface area (Å²) >= 11 is 6.00. The quantitative estimate of drug-likeness (QED) is 0.666. The molecule has 2 aromatic heterocycles. The van der Waals surface area contributed by atoms with Crippen LogP contribution in [0.4, 0.5) is 0 Å². The molecule has 2 heterocycles. The SMILES string of the molecule is Cc1ncccc1Oc1nc2ccccc2cc1CCl. The lowest BCUT2D eigenvalue weighted by Gasteiger charge is -2.11. The van der Waals surface area contributed by atoms with Gasteiger partial charge in [-0.05, 0) is 31.2 Å². The predicted octanol–water partition coefficient (Wildman–Crippen LogP) is 4.47. The van der Waals surface area contributed by atoms with E-state index in [0.717, 1.165) is 22.2 Å². The van der Waals surface area contributed by atoms with Crippen LogP contribution < -0.4 is 4.74 Å². The fraction of sp³-hybridized carbons (Fsp3) is 0.125. The number of halogens is 1. The van der Waals surface area contributed by atoms with Crippen molar-refractivity contribution in [2.75, 3.05) is 0 Å². The third-order valence-corrected chi connectivity index (χ3v) is 3.36. The highest BCUT2D eigenvalue weighted by molar-refractivity contribution is 6.17. The van der Waals surface area contributed by atoms with Crippen LogP contribution in [-0.4, -0.2) is 9.97 Å². The maximum absolute atomic E-state index is 6.00. The molecule has 3 nitrogen and oxygen atoms in total. The normalized spacial score (nSPS) is 10.7. The van der Waals surface area contributed by atoms with Gasteiger partial charge in [0.2, 0.25) is 5.88 Å². The summed E-state index contributed by atoms with van der Waals surface area (Å²) in [5, 5.41) is 1.05. The van der Waals surface area contributed by atoms with Crippen LogP contribution >= 0.6 is 11.6 Å². The average Bonchev–Trinajstić information content (AvgIpc) is 2.49. The number of para-hydroxylation sites is 1. The van der Waals surface area contributed by atoms with E-state index in [4.69, 9.17) is 16.3 Å². The van der Waals surface area contributed by atoms with Gasteiger partial charge in [-0.1, -0.05) is 18.2 Å². The Hall–Kier alpha value is -2.13.